The highest BCUT2D eigenvalue weighted by atomic mass is 79.9. The molecule has 116 valence electrons. The average molecular weight is 366 g/mol. The van der Waals surface area contributed by atoms with E-state index in [0.29, 0.717) is 10.9 Å². The van der Waals surface area contributed by atoms with Crippen LogP contribution in [0.2, 0.25) is 0 Å². The highest BCUT2D eigenvalue weighted by molar-refractivity contribution is 9.10. The molecule has 1 aromatic rings. The van der Waals surface area contributed by atoms with Gasteiger partial charge in [-0.1, -0.05) is 0 Å². The summed E-state index contributed by atoms with van der Waals surface area (Å²) in [5.74, 6) is -0.505. The van der Waals surface area contributed by atoms with Gasteiger partial charge in [0.2, 0.25) is 0 Å². The van der Waals surface area contributed by atoms with Crippen LogP contribution in [0, 0.1) is 0 Å². The van der Waals surface area contributed by atoms with Crippen LogP contribution in [0.5, 0.6) is 0 Å². The molecule has 3 nitrogen and oxygen atoms in total. The van der Waals surface area contributed by atoms with Gasteiger partial charge < -0.3 is 10.1 Å². The van der Waals surface area contributed by atoms with Crippen LogP contribution < -0.4 is 5.32 Å². The third-order valence-electron chi connectivity index (χ3n) is 3.59. The van der Waals surface area contributed by atoms with E-state index in [1.165, 1.54) is 6.07 Å². The van der Waals surface area contributed by atoms with E-state index in [0.717, 1.165) is 25.0 Å². The summed E-state index contributed by atoms with van der Waals surface area (Å²) >= 11 is 3.12. The van der Waals surface area contributed by atoms with Crippen molar-refractivity contribution >= 4 is 21.8 Å². The fraction of sp³-hybridized carbons (Fsp3) is 0.500. The van der Waals surface area contributed by atoms with Crippen molar-refractivity contribution in [3.8, 4) is 0 Å². The molecule has 0 radical (unpaired) electrons. The highest BCUT2D eigenvalue weighted by Gasteiger charge is 2.32. The van der Waals surface area contributed by atoms with Crippen molar-refractivity contribution in [3.63, 3.8) is 0 Å². The number of carbonyl (C=O) groups is 1. The van der Waals surface area contributed by atoms with E-state index < -0.39 is 17.6 Å². The molecule has 1 N–H and O–H groups in total. The Labute approximate surface area is 129 Å². The summed E-state index contributed by atoms with van der Waals surface area (Å²) in [4.78, 5) is 12.1. The van der Waals surface area contributed by atoms with E-state index in [4.69, 9.17) is 4.74 Å². The SMILES string of the molecule is COC1CCC(NC(=O)c2cc(C(F)(F)F)ccc2Br)C1. The molecule has 1 aromatic carbocycles. The van der Waals surface area contributed by atoms with Crippen LogP contribution in [0.25, 0.3) is 0 Å². The van der Waals surface area contributed by atoms with Gasteiger partial charge in [0.25, 0.3) is 5.91 Å². The lowest BCUT2D eigenvalue weighted by Crippen LogP contribution is -2.33. The first-order valence-corrected chi connectivity index (χ1v) is 7.31. The Kier molecular flexibility index (Phi) is 4.93. The molecule has 0 heterocycles. The minimum atomic E-state index is -4.47. The van der Waals surface area contributed by atoms with E-state index in [2.05, 4.69) is 21.2 Å². The summed E-state index contributed by atoms with van der Waals surface area (Å²) in [6.45, 7) is 0. The first kappa shape index (κ1) is 16.3. The van der Waals surface area contributed by atoms with Crippen LogP contribution in [0.15, 0.2) is 22.7 Å². The molecular weight excluding hydrogens is 351 g/mol. The molecule has 1 fully saturated rings. The monoisotopic (exact) mass is 365 g/mol. The van der Waals surface area contributed by atoms with Gasteiger partial charge in [0.05, 0.1) is 17.2 Å². The summed E-state index contributed by atoms with van der Waals surface area (Å²) in [6, 6.07) is 2.98. The molecule has 0 aromatic heterocycles. The van der Waals surface area contributed by atoms with Crippen molar-refractivity contribution in [2.75, 3.05) is 7.11 Å². The maximum Gasteiger partial charge on any atom is 0.416 e. The van der Waals surface area contributed by atoms with Crippen molar-refractivity contribution in [2.45, 2.75) is 37.6 Å². The predicted octanol–water partition coefficient (Wildman–Crippen LogP) is 3.77. The van der Waals surface area contributed by atoms with Gasteiger partial charge in [0.15, 0.2) is 0 Å². The summed E-state index contributed by atoms with van der Waals surface area (Å²) in [5, 5.41) is 2.76. The summed E-state index contributed by atoms with van der Waals surface area (Å²) < 4.78 is 43.7. The van der Waals surface area contributed by atoms with Crippen molar-refractivity contribution in [1.82, 2.24) is 5.32 Å². The normalized spacial score (nSPS) is 22.3. The molecule has 1 aliphatic carbocycles. The second kappa shape index (κ2) is 6.36. The van der Waals surface area contributed by atoms with Crippen LogP contribution >= 0.6 is 15.9 Å². The zero-order valence-corrected chi connectivity index (χ0v) is 12.9. The molecule has 21 heavy (non-hydrogen) atoms. The Morgan fingerprint density at radius 2 is 2.10 bits per heavy atom. The van der Waals surface area contributed by atoms with Gasteiger partial charge in [-0.25, -0.2) is 0 Å². The number of hydrogen-bond donors (Lipinski definition) is 1. The Morgan fingerprint density at radius 1 is 1.38 bits per heavy atom. The predicted molar refractivity (Wildman–Crippen MR) is 75.0 cm³/mol. The van der Waals surface area contributed by atoms with Crippen LogP contribution in [0.1, 0.15) is 35.2 Å². The zero-order chi connectivity index (χ0) is 15.6. The standard InChI is InChI=1S/C14H15BrF3NO2/c1-21-10-4-3-9(7-10)19-13(20)11-6-8(14(16,17)18)2-5-12(11)15/h2,5-6,9-10H,3-4,7H2,1H3,(H,19,20). The van der Waals surface area contributed by atoms with Gasteiger partial charge in [0, 0.05) is 17.6 Å². The van der Waals surface area contributed by atoms with Crippen LogP contribution in [-0.2, 0) is 10.9 Å². The zero-order valence-electron chi connectivity index (χ0n) is 11.3. The molecule has 7 heteroatoms. The Balaban J connectivity index is 2.12. The minimum Gasteiger partial charge on any atom is -0.381 e. The Bertz CT molecular complexity index is 533. The molecule has 1 saturated carbocycles. The van der Waals surface area contributed by atoms with Gasteiger partial charge in [-0.05, 0) is 53.4 Å². The van der Waals surface area contributed by atoms with Gasteiger partial charge in [-0.3, -0.25) is 4.79 Å². The van der Waals surface area contributed by atoms with E-state index in [1.54, 1.807) is 7.11 Å². The number of rotatable bonds is 3. The highest BCUT2D eigenvalue weighted by Crippen LogP contribution is 2.32. The molecule has 1 aliphatic rings. The molecular formula is C14H15BrF3NO2. The third-order valence-corrected chi connectivity index (χ3v) is 4.28. The molecule has 0 saturated heterocycles. The Morgan fingerprint density at radius 3 is 2.67 bits per heavy atom. The van der Waals surface area contributed by atoms with Crippen molar-refractivity contribution in [1.29, 1.82) is 0 Å². The number of alkyl halides is 3. The topological polar surface area (TPSA) is 38.3 Å². The van der Waals surface area contributed by atoms with Gasteiger partial charge in [-0.2, -0.15) is 13.2 Å². The average Bonchev–Trinajstić information content (AvgIpc) is 2.85. The molecule has 0 bridgehead atoms. The molecule has 0 spiro atoms. The molecule has 2 atom stereocenters. The van der Waals surface area contributed by atoms with Crippen LogP contribution in [-0.4, -0.2) is 25.2 Å². The van der Waals surface area contributed by atoms with Gasteiger partial charge in [-0.15, -0.1) is 0 Å². The molecule has 2 rings (SSSR count). The van der Waals surface area contributed by atoms with E-state index in [1.807, 2.05) is 0 Å². The van der Waals surface area contributed by atoms with E-state index >= 15 is 0 Å². The first-order valence-electron chi connectivity index (χ1n) is 6.51. The van der Waals surface area contributed by atoms with Crippen molar-refractivity contribution < 1.29 is 22.7 Å². The summed E-state index contributed by atoms with van der Waals surface area (Å²) in [5.41, 5.74) is -0.845. The maximum atomic E-state index is 12.7. The van der Waals surface area contributed by atoms with E-state index in [9.17, 15) is 18.0 Å². The fourth-order valence-corrected chi connectivity index (χ4v) is 2.85. The lowest BCUT2D eigenvalue weighted by molar-refractivity contribution is -0.137. The quantitative estimate of drug-likeness (QED) is 0.885. The van der Waals surface area contributed by atoms with Crippen molar-refractivity contribution in [3.05, 3.63) is 33.8 Å². The molecule has 0 aliphatic heterocycles. The second-order valence-electron chi connectivity index (χ2n) is 5.03. The number of carbonyl (C=O) groups excluding carboxylic acids is 1. The third kappa shape index (κ3) is 3.97. The second-order valence-corrected chi connectivity index (χ2v) is 5.89. The number of benzene rings is 1. The van der Waals surface area contributed by atoms with Gasteiger partial charge in [0.1, 0.15) is 0 Å². The summed E-state index contributed by atoms with van der Waals surface area (Å²) in [7, 11) is 1.61. The lowest BCUT2D eigenvalue weighted by Gasteiger charge is -2.15. The lowest BCUT2D eigenvalue weighted by atomic mass is 10.1. The largest absolute Gasteiger partial charge is 0.416 e. The molecule has 1 amide bonds. The first-order chi connectivity index (χ1) is 9.81. The maximum absolute atomic E-state index is 12.7. The number of methoxy groups -OCH3 is 1. The number of amides is 1. The van der Waals surface area contributed by atoms with Crippen LogP contribution in [0.3, 0.4) is 0 Å². The number of halogens is 4. The molecule has 2 unspecified atom stereocenters. The van der Waals surface area contributed by atoms with Crippen molar-refractivity contribution in [2.24, 2.45) is 0 Å². The number of nitrogens with one attached hydrogen (secondary N) is 1. The summed E-state index contributed by atoms with van der Waals surface area (Å²) in [6.07, 6.45) is -2.09. The smallest absolute Gasteiger partial charge is 0.381 e. The van der Waals surface area contributed by atoms with Gasteiger partial charge >= 0.3 is 6.18 Å². The van der Waals surface area contributed by atoms with E-state index in [-0.39, 0.29) is 17.7 Å². The fourth-order valence-electron chi connectivity index (χ4n) is 2.42. The minimum absolute atomic E-state index is 0.00862. The number of hydrogen-bond acceptors (Lipinski definition) is 2. The number of ether oxygens (including phenoxy) is 1. The Hall–Kier alpha value is -1.08. The van der Waals surface area contributed by atoms with Crippen LogP contribution in [0.4, 0.5) is 13.2 Å².